The van der Waals surface area contributed by atoms with E-state index in [1.165, 1.54) is 0 Å². The fourth-order valence-electron chi connectivity index (χ4n) is 0.480. The topological polar surface area (TPSA) is 29.1 Å². The molecule has 0 rings (SSSR count). The molecule has 1 N–H and O–H groups in total. The van der Waals surface area contributed by atoms with Crippen LogP contribution in [0, 0.1) is 5.92 Å². The number of alkyl halides is 1. The van der Waals surface area contributed by atoms with E-state index in [2.05, 4.69) is 19.2 Å². The smallest absolute Gasteiger partial charge is 0.234 e. The summed E-state index contributed by atoms with van der Waals surface area (Å²) >= 11 is 5.27. The molecule has 0 aliphatic heterocycles. The van der Waals surface area contributed by atoms with Crippen LogP contribution in [0.2, 0.25) is 0 Å². The van der Waals surface area contributed by atoms with Crippen molar-refractivity contribution in [3.63, 3.8) is 0 Å². The highest BCUT2D eigenvalue weighted by atomic mass is 35.5. The highest BCUT2D eigenvalue weighted by molar-refractivity contribution is 6.27. The van der Waals surface area contributed by atoms with E-state index in [0.29, 0.717) is 5.92 Å². The van der Waals surface area contributed by atoms with E-state index in [1.54, 1.807) is 0 Å². The normalized spacial score (nSPS) is 12.7. The first-order chi connectivity index (χ1) is 4.70. The molecule has 1 atom stereocenters. The predicted octanol–water partition coefficient (Wildman–Crippen LogP) is 1.39. The first-order valence-corrected chi connectivity index (χ1v) is 4.06. The molecule has 0 bridgehead atoms. The maximum Gasteiger partial charge on any atom is 0.234 e. The number of carbonyl (C=O) groups is 1. The van der Waals surface area contributed by atoms with Crippen molar-refractivity contribution in [2.24, 2.45) is 5.92 Å². The molecular formula is C7H14ClNO. The zero-order valence-electron chi connectivity index (χ0n) is 6.48. The van der Waals surface area contributed by atoms with Gasteiger partial charge < -0.3 is 5.32 Å². The molecule has 0 spiro atoms. The standard InChI is InChI=1S/C7H14ClNO/c1-3-6(2)5-9-7(10)4-8/h6H,3-5H2,1-2H3,(H,9,10). The van der Waals surface area contributed by atoms with Crippen molar-refractivity contribution in [3.05, 3.63) is 0 Å². The summed E-state index contributed by atoms with van der Waals surface area (Å²) in [5.74, 6) is 0.533. The average Bonchev–Trinajstić information content (AvgIpc) is 1.99. The Morgan fingerprint density at radius 2 is 2.30 bits per heavy atom. The van der Waals surface area contributed by atoms with Crippen molar-refractivity contribution in [2.75, 3.05) is 12.4 Å². The lowest BCUT2D eigenvalue weighted by atomic mass is 10.1. The lowest BCUT2D eigenvalue weighted by molar-refractivity contribution is -0.118. The van der Waals surface area contributed by atoms with E-state index in [1.807, 2.05) is 0 Å². The zero-order chi connectivity index (χ0) is 7.98. The van der Waals surface area contributed by atoms with Gasteiger partial charge in [0.25, 0.3) is 0 Å². The minimum atomic E-state index is -0.0815. The summed E-state index contributed by atoms with van der Waals surface area (Å²) in [5, 5.41) is 2.71. The monoisotopic (exact) mass is 163 g/mol. The molecule has 2 nitrogen and oxygen atoms in total. The number of nitrogens with one attached hydrogen (secondary N) is 1. The average molecular weight is 164 g/mol. The van der Waals surface area contributed by atoms with Gasteiger partial charge in [-0.15, -0.1) is 11.6 Å². The van der Waals surface area contributed by atoms with Gasteiger partial charge in [0, 0.05) is 6.54 Å². The summed E-state index contributed by atoms with van der Waals surface area (Å²) < 4.78 is 0. The maximum absolute atomic E-state index is 10.6. The Balaban J connectivity index is 3.26. The molecule has 10 heavy (non-hydrogen) atoms. The molecule has 0 aliphatic carbocycles. The van der Waals surface area contributed by atoms with Crippen LogP contribution < -0.4 is 5.32 Å². The largest absolute Gasteiger partial charge is 0.355 e. The molecule has 1 unspecified atom stereocenters. The molecule has 60 valence electrons. The quantitative estimate of drug-likeness (QED) is 0.624. The number of hydrogen-bond donors (Lipinski definition) is 1. The highest BCUT2D eigenvalue weighted by Gasteiger charge is 2.00. The van der Waals surface area contributed by atoms with Gasteiger partial charge in [-0.1, -0.05) is 20.3 Å². The van der Waals surface area contributed by atoms with Crippen LogP contribution in [0.25, 0.3) is 0 Å². The van der Waals surface area contributed by atoms with Crippen LogP contribution in [-0.2, 0) is 4.79 Å². The van der Waals surface area contributed by atoms with Gasteiger partial charge in [-0.25, -0.2) is 0 Å². The van der Waals surface area contributed by atoms with Crippen LogP contribution in [-0.4, -0.2) is 18.3 Å². The number of carbonyl (C=O) groups excluding carboxylic acids is 1. The van der Waals surface area contributed by atoms with Crippen LogP contribution in [0.3, 0.4) is 0 Å². The van der Waals surface area contributed by atoms with E-state index in [9.17, 15) is 4.79 Å². The van der Waals surface area contributed by atoms with Crippen molar-refractivity contribution in [2.45, 2.75) is 20.3 Å². The van der Waals surface area contributed by atoms with Crippen LogP contribution in [0.15, 0.2) is 0 Å². The molecule has 1 amide bonds. The highest BCUT2D eigenvalue weighted by Crippen LogP contribution is 1.96. The van der Waals surface area contributed by atoms with Crippen LogP contribution in [0.5, 0.6) is 0 Å². The third kappa shape index (κ3) is 4.62. The lowest BCUT2D eigenvalue weighted by Crippen LogP contribution is -2.28. The van der Waals surface area contributed by atoms with E-state index in [4.69, 9.17) is 11.6 Å². The second-order valence-electron chi connectivity index (χ2n) is 2.45. The fourth-order valence-corrected chi connectivity index (χ4v) is 0.574. The molecule has 0 fully saturated rings. The summed E-state index contributed by atoms with van der Waals surface area (Å²) in [7, 11) is 0. The molecule has 0 heterocycles. The predicted molar refractivity (Wildman–Crippen MR) is 43.2 cm³/mol. The Labute approximate surface area is 66.9 Å². The van der Waals surface area contributed by atoms with Crippen molar-refractivity contribution < 1.29 is 4.79 Å². The first kappa shape index (κ1) is 9.76. The van der Waals surface area contributed by atoms with E-state index in [-0.39, 0.29) is 11.8 Å². The maximum atomic E-state index is 10.6. The van der Waals surface area contributed by atoms with Crippen LogP contribution >= 0.6 is 11.6 Å². The Hall–Kier alpha value is -0.240. The van der Waals surface area contributed by atoms with Gasteiger partial charge in [-0.05, 0) is 5.92 Å². The van der Waals surface area contributed by atoms with E-state index >= 15 is 0 Å². The van der Waals surface area contributed by atoms with E-state index in [0.717, 1.165) is 13.0 Å². The Bertz CT molecular complexity index is 106. The summed E-state index contributed by atoms with van der Waals surface area (Å²) in [6.07, 6.45) is 1.09. The molecule has 0 saturated carbocycles. The van der Waals surface area contributed by atoms with Crippen LogP contribution in [0.4, 0.5) is 0 Å². The number of amides is 1. The van der Waals surface area contributed by atoms with Gasteiger partial charge in [0.2, 0.25) is 5.91 Å². The fraction of sp³-hybridized carbons (Fsp3) is 0.857. The second-order valence-corrected chi connectivity index (χ2v) is 2.72. The second kappa shape index (κ2) is 5.54. The molecule has 0 aromatic heterocycles. The van der Waals surface area contributed by atoms with Gasteiger partial charge in [0.1, 0.15) is 5.88 Å². The van der Waals surface area contributed by atoms with Gasteiger partial charge in [0.15, 0.2) is 0 Å². The molecule has 0 aliphatic rings. The minimum Gasteiger partial charge on any atom is -0.355 e. The zero-order valence-corrected chi connectivity index (χ0v) is 7.24. The SMILES string of the molecule is CCC(C)CNC(=O)CCl. The Morgan fingerprint density at radius 3 is 2.70 bits per heavy atom. The molecule has 0 aromatic carbocycles. The van der Waals surface area contributed by atoms with Crippen LogP contribution in [0.1, 0.15) is 20.3 Å². The first-order valence-electron chi connectivity index (χ1n) is 3.53. The summed E-state index contributed by atoms with van der Waals surface area (Å²) in [5.41, 5.74) is 0. The molecular weight excluding hydrogens is 150 g/mol. The summed E-state index contributed by atoms with van der Waals surface area (Å²) in [4.78, 5) is 10.6. The minimum absolute atomic E-state index is 0.0659. The van der Waals surface area contributed by atoms with Gasteiger partial charge in [-0.3, -0.25) is 4.79 Å². The third-order valence-corrected chi connectivity index (χ3v) is 1.71. The molecule has 0 radical (unpaired) electrons. The van der Waals surface area contributed by atoms with Gasteiger partial charge in [0.05, 0.1) is 0 Å². The number of rotatable bonds is 4. The molecule has 0 aromatic rings. The summed E-state index contributed by atoms with van der Waals surface area (Å²) in [6, 6.07) is 0. The van der Waals surface area contributed by atoms with Gasteiger partial charge >= 0.3 is 0 Å². The Morgan fingerprint density at radius 1 is 1.70 bits per heavy atom. The Kier molecular flexibility index (Phi) is 5.40. The molecule has 0 saturated heterocycles. The van der Waals surface area contributed by atoms with E-state index < -0.39 is 0 Å². The van der Waals surface area contributed by atoms with Crippen molar-refractivity contribution in [3.8, 4) is 0 Å². The van der Waals surface area contributed by atoms with Crippen molar-refractivity contribution in [1.29, 1.82) is 0 Å². The van der Waals surface area contributed by atoms with Crippen molar-refractivity contribution >= 4 is 17.5 Å². The lowest BCUT2D eigenvalue weighted by Gasteiger charge is -2.07. The summed E-state index contributed by atoms with van der Waals surface area (Å²) in [6.45, 7) is 4.92. The molecule has 3 heteroatoms. The third-order valence-electron chi connectivity index (χ3n) is 1.47. The number of hydrogen-bond acceptors (Lipinski definition) is 1. The number of halogens is 1. The van der Waals surface area contributed by atoms with Gasteiger partial charge in [-0.2, -0.15) is 0 Å². The van der Waals surface area contributed by atoms with Crippen molar-refractivity contribution in [1.82, 2.24) is 5.32 Å².